The molecule has 0 radical (unpaired) electrons. The van der Waals surface area contributed by atoms with E-state index in [0.717, 1.165) is 18.4 Å². The van der Waals surface area contributed by atoms with Crippen LogP contribution in [0.3, 0.4) is 0 Å². The van der Waals surface area contributed by atoms with Crippen molar-refractivity contribution in [3.05, 3.63) is 29.6 Å². The minimum absolute atomic E-state index is 0.111. The first-order chi connectivity index (χ1) is 10.2. The van der Waals surface area contributed by atoms with Gasteiger partial charge >= 0.3 is 0 Å². The molecule has 1 aromatic rings. The molecule has 1 heterocycles. The van der Waals surface area contributed by atoms with Crippen molar-refractivity contribution in [2.45, 2.75) is 25.4 Å². The molecule has 1 aromatic carbocycles. The van der Waals surface area contributed by atoms with Gasteiger partial charge in [0.25, 0.3) is 5.91 Å². The molecular weight excluding hydrogens is 275 g/mol. The summed E-state index contributed by atoms with van der Waals surface area (Å²) in [6.07, 6.45) is 1.63. The van der Waals surface area contributed by atoms with Crippen LogP contribution in [0.2, 0.25) is 0 Å². The third-order valence-electron chi connectivity index (χ3n) is 3.27. The van der Waals surface area contributed by atoms with Crippen LogP contribution >= 0.6 is 0 Å². The maximum absolute atomic E-state index is 13.4. The maximum Gasteiger partial charge on any atom is 0.258 e. The zero-order valence-corrected chi connectivity index (χ0v) is 12.2. The standard InChI is InChI=1S/C15H21FN2O3/c1-17-9-11-6-12(16)8-14(7-11)21-10-15(19)18-13-2-4-20-5-3-13/h6-8,13,17H,2-5,9-10H2,1H3,(H,18,19). The van der Waals surface area contributed by atoms with E-state index in [-0.39, 0.29) is 24.4 Å². The lowest BCUT2D eigenvalue weighted by Gasteiger charge is -2.23. The molecule has 1 fully saturated rings. The van der Waals surface area contributed by atoms with Gasteiger partial charge in [0.15, 0.2) is 6.61 Å². The molecule has 0 aliphatic carbocycles. The van der Waals surface area contributed by atoms with Gasteiger partial charge in [-0.1, -0.05) is 0 Å². The number of ether oxygens (including phenoxy) is 2. The van der Waals surface area contributed by atoms with E-state index in [1.165, 1.54) is 12.1 Å². The molecule has 5 nitrogen and oxygen atoms in total. The second-order valence-electron chi connectivity index (χ2n) is 5.07. The Kier molecular flexibility index (Phi) is 5.95. The third-order valence-corrected chi connectivity index (χ3v) is 3.27. The Morgan fingerprint density at radius 3 is 2.86 bits per heavy atom. The van der Waals surface area contributed by atoms with Gasteiger partial charge in [-0.2, -0.15) is 0 Å². The van der Waals surface area contributed by atoms with Crippen molar-refractivity contribution < 1.29 is 18.7 Å². The van der Waals surface area contributed by atoms with Gasteiger partial charge in [0.05, 0.1) is 0 Å². The second-order valence-corrected chi connectivity index (χ2v) is 5.07. The van der Waals surface area contributed by atoms with E-state index in [9.17, 15) is 9.18 Å². The maximum atomic E-state index is 13.4. The van der Waals surface area contributed by atoms with Crippen LogP contribution in [-0.2, 0) is 16.1 Å². The SMILES string of the molecule is CNCc1cc(F)cc(OCC(=O)NC2CCOCC2)c1. The zero-order chi connectivity index (χ0) is 15.1. The molecule has 1 aliphatic heterocycles. The van der Waals surface area contributed by atoms with Gasteiger partial charge in [0.2, 0.25) is 0 Å². The van der Waals surface area contributed by atoms with Crippen LogP contribution in [0.5, 0.6) is 5.75 Å². The second kappa shape index (κ2) is 7.95. The molecule has 0 atom stereocenters. The first-order valence-electron chi connectivity index (χ1n) is 7.11. The number of hydrogen-bond acceptors (Lipinski definition) is 4. The van der Waals surface area contributed by atoms with Crippen LogP contribution in [0.4, 0.5) is 4.39 Å². The normalized spacial score (nSPS) is 15.7. The number of rotatable bonds is 6. The Hall–Kier alpha value is -1.66. The average Bonchev–Trinajstić information content (AvgIpc) is 2.46. The Morgan fingerprint density at radius 1 is 1.38 bits per heavy atom. The van der Waals surface area contributed by atoms with Crippen LogP contribution in [0.1, 0.15) is 18.4 Å². The third kappa shape index (κ3) is 5.32. The molecule has 0 unspecified atom stereocenters. The summed E-state index contributed by atoms with van der Waals surface area (Å²) in [5.41, 5.74) is 0.775. The summed E-state index contributed by atoms with van der Waals surface area (Å²) >= 11 is 0. The summed E-state index contributed by atoms with van der Waals surface area (Å²) in [4.78, 5) is 11.8. The van der Waals surface area contributed by atoms with E-state index >= 15 is 0 Å². The molecule has 0 bridgehead atoms. The minimum atomic E-state index is -0.373. The molecule has 0 spiro atoms. The highest BCUT2D eigenvalue weighted by Gasteiger charge is 2.16. The van der Waals surface area contributed by atoms with Gasteiger partial charge in [0.1, 0.15) is 11.6 Å². The fourth-order valence-corrected chi connectivity index (χ4v) is 2.27. The van der Waals surface area contributed by atoms with E-state index in [1.54, 1.807) is 13.1 Å². The van der Waals surface area contributed by atoms with Crippen molar-refractivity contribution in [1.29, 1.82) is 0 Å². The number of carbonyl (C=O) groups is 1. The van der Waals surface area contributed by atoms with Crippen molar-refractivity contribution in [2.75, 3.05) is 26.9 Å². The number of amides is 1. The largest absolute Gasteiger partial charge is 0.484 e. The molecule has 6 heteroatoms. The van der Waals surface area contributed by atoms with Crippen molar-refractivity contribution in [3.8, 4) is 5.75 Å². The molecule has 21 heavy (non-hydrogen) atoms. The van der Waals surface area contributed by atoms with Gasteiger partial charge in [-0.25, -0.2) is 4.39 Å². The van der Waals surface area contributed by atoms with Crippen molar-refractivity contribution in [3.63, 3.8) is 0 Å². The number of halogens is 1. The molecule has 116 valence electrons. The lowest BCUT2D eigenvalue weighted by molar-refractivity contribution is -0.124. The topological polar surface area (TPSA) is 59.6 Å². The monoisotopic (exact) mass is 296 g/mol. The van der Waals surface area contributed by atoms with Gasteiger partial charge in [-0.05, 0) is 37.6 Å². The summed E-state index contributed by atoms with van der Waals surface area (Å²) in [6.45, 7) is 1.77. The summed E-state index contributed by atoms with van der Waals surface area (Å²) in [6, 6.07) is 4.58. The average molecular weight is 296 g/mol. The summed E-state index contributed by atoms with van der Waals surface area (Å²) in [5, 5.41) is 5.84. The highest BCUT2D eigenvalue weighted by atomic mass is 19.1. The lowest BCUT2D eigenvalue weighted by atomic mass is 10.1. The van der Waals surface area contributed by atoms with Crippen LogP contribution in [0, 0.1) is 5.82 Å². The number of hydrogen-bond donors (Lipinski definition) is 2. The summed E-state index contributed by atoms with van der Waals surface area (Å²) in [7, 11) is 1.78. The van der Waals surface area contributed by atoms with Crippen molar-refractivity contribution in [2.24, 2.45) is 0 Å². The predicted octanol–water partition coefficient (Wildman–Crippen LogP) is 1.22. The number of carbonyl (C=O) groups excluding carboxylic acids is 1. The highest BCUT2D eigenvalue weighted by molar-refractivity contribution is 5.77. The van der Waals surface area contributed by atoms with Gasteiger partial charge in [0, 0.05) is 31.9 Å². The Balaban J connectivity index is 1.82. The minimum Gasteiger partial charge on any atom is -0.484 e. The number of benzene rings is 1. The molecule has 1 saturated heterocycles. The first kappa shape index (κ1) is 15.7. The zero-order valence-electron chi connectivity index (χ0n) is 12.2. The first-order valence-corrected chi connectivity index (χ1v) is 7.11. The fraction of sp³-hybridized carbons (Fsp3) is 0.533. The highest BCUT2D eigenvalue weighted by Crippen LogP contribution is 2.16. The van der Waals surface area contributed by atoms with Crippen LogP contribution in [-0.4, -0.2) is 38.8 Å². The molecule has 2 rings (SSSR count). The van der Waals surface area contributed by atoms with Crippen molar-refractivity contribution in [1.82, 2.24) is 10.6 Å². The Labute approximate surface area is 123 Å². The van der Waals surface area contributed by atoms with E-state index in [2.05, 4.69) is 10.6 Å². The van der Waals surface area contributed by atoms with Gasteiger partial charge in [-0.3, -0.25) is 4.79 Å². The molecular formula is C15H21FN2O3. The Morgan fingerprint density at radius 2 is 2.14 bits per heavy atom. The smallest absolute Gasteiger partial charge is 0.258 e. The quantitative estimate of drug-likeness (QED) is 0.828. The molecule has 0 aromatic heterocycles. The van der Waals surface area contributed by atoms with E-state index in [0.29, 0.717) is 25.5 Å². The fourth-order valence-electron chi connectivity index (χ4n) is 2.27. The summed E-state index contributed by atoms with van der Waals surface area (Å²) in [5.74, 6) is -0.203. The van der Waals surface area contributed by atoms with Crippen LogP contribution in [0.15, 0.2) is 18.2 Å². The Bertz CT molecular complexity index is 476. The van der Waals surface area contributed by atoms with Gasteiger partial charge in [-0.15, -0.1) is 0 Å². The molecule has 2 N–H and O–H groups in total. The predicted molar refractivity (Wildman–Crippen MR) is 76.6 cm³/mol. The summed E-state index contributed by atoms with van der Waals surface area (Å²) < 4.78 is 24.0. The lowest BCUT2D eigenvalue weighted by Crippen LogP contribution is -2.41. The molecule has 1 amide bonds. The van der Waals surface area contributed by atoms with Crippen LogP contribution in [0.25, 0.3) is 0 Å². The molecule has 1 aliphatic rings. The molecule has 0 saturated carbocycles. The van der Waals surface area contributed by atoms with E-state index in [1.807, 2.05) is 0 Å². The van der Waals surface area contributed by atoms with Crippen molar-refractivity contribution >= 4 is 5.91 Å². The van der Waals surface area contributed by atoms with Gasteiger partial charge < -0.3 is 20.1 Å². The van der Waals surface area contributed by atoms with E-state index in [4.69, 9.17) is 9.47 Å². The van der Waals surface area contributed by atoms with Crippen LogP contribution < -0.4 is 15.4 Å². The number of nitrogens with one attached hydrogen (secondary N) is 2. The van der Waals surface area contributed by atoms with E-state index < -0.39 is 0 Å².